The van der Waals surface area contributed by atoms with E-state index in [1.807, 2.05) is 47.4 Å². The molecule has 4 rings (SSSR count). The third-order valence-corrected chi connectivity index (χ3v) is 5.10. The van der Waals surface area contributed by atoms with Crippen molar-refractivity contribution < 1.29 is 14.3 Å². The van der Waals surface area contributed by atoms with E-state index in [0.29, 0.717) is 25.2 Å². The first kappa shape index (κ1) is 18.4. The van der Waals surface area contributed by atoms with Crippen LogP contribution < -0.4 is 25.4 Å². The van der Waals surface area contributed by atoms with Crippen LogP contribution in [0.1, 0.15) is 15.9 Å². The zero-order valence-electron chi connectivity index (χ0n) is 15.4. The molecule has 0 saturated carbocycles. The number of benzene rings is 2. The minimum Gasteiger partial charge on any atom is -0.454 e. The summed E-state index contributed by atoms with van der Waals surface area (Å²) in [5.41, 5.74) is 8.24. The van der Waals surface area contributed by atoms with Crippen molar-refractivity contribution in [3.05, 3.63) is 53.6 Å². The van der Waals surface area contributed by atoms with Crippen LogP contribution in [0, 0.1) is 0 Å². The van der Waals surface area contributed by atoms with Crippen molar-refractivity contribution in [2.75, 3.05) is 37.9 Å². The van der Waals surface area contributed by atoms with Crippen LogP contribution in [0.5, 0.6) is 11.5 Å². The van der Waals surface area contributed by atoms with E-state index < -0.39 is 0 Å². The second-order valence-corrected chi connectivity index (χ2v) is 7.17. The first-order valence-corrected chi connectivity index (χ1v) is 9.57. The van der Waals surface area contributed by atoms with Gasteiger partial charge in [-0.05, 0) is 42.0 Å². The third-order valence-electron chi connectivity index (χ3n) is 4.96. The molecule has 0 radical (unpaired) electrons. The number of rotatable bonds is 4. The van der Waals surface area contributed by atoms with Gasteiger partial charge in [0.1, 0.15) is 0 Å². The molecule has 2 aliphatic rings. The van der Waals surface area contributed by atoms with E-state index in [2.05, 4.69) is 10.2 Å². The summed E-state index contributed by atoms with van der Waals surface area (Å²) in [6.45, 7) is 3.74. The Morgan fingerprint density at radius 1 is 1.04 bits per heavy atom. The Balaban J connectivity index is 1.34. The molecule has 2 aromatic rings. The van der Waals surface area contributed by atoms with E-state index in [-0.39, 0.29) is 17.8 Å². The lowest BCUT2D eigenvalue weighted by Gasteiger charge is -2.36. The Kier molecular flexibility index (Phi) is 5.21. The number of thiocarbonyl (C=S) groups is 1. The number of hydrogen-bond acceptors (Lipinski definition) is 5. The predicted octanol–water partition coefficient (Wildman–Crippen LogP) is 1.71. The molecule has 3 N–H and O–H groups in total. The average Bonchev–Trinajstić information content (AvgIpc) is 3.20. The van der Waals surface area contributed by atoms with Gasteiger partial charge in [0, 0.05) is 50.0 Å². The van der Waals surface area contributed by atoms with E-state index >= 15 is 0 Å². The number of amides is 1. The summed E-state index contributed by atoms with van der Waals surface area (Å²) in [5, 5.41) is 3.17. The van der Waals surface area contributed by atoms with Crippen LogP contribution in [-0.2, 0) is 6.54 Å². The largest absolute Gasteiger partial charge is 0.454 e. The van der Waals surface area contributed by atoms with E-state index in [0.717, 1.165) is 35.8 Å². The molecule has 0 aromatic heterocycles. The molecule has 146 valence electrons. The lowest BCUT2D eigenvalue weighted by molar-refractivity contribution is 0.0746. The van der Waals surface area contributed by atoms with Gasteiger partial charge >= 0.3 is 0 Å². The monoisotopic (exact) mass is 398 g/mol. The number of carbonyl (C=O) groups is 1. The fraction of sp³-hybridized carbons (Fsp3) is 0.300. The fourth-order valence-electron chi connectivity index (χ4n) is 3.39. The number of nitrogens with two attached hydrogens (primary N) is 1. The number of ether oxygens (including phenoxy) is 2. The third kappa shape index (κ3) is 3.96. The van der Waals surface area contributed by atoms with Crippen LogP contribution in [0.15, 0.2) is 42.5 Å². The van der Waals surface area contributed by atoms with Crippen molar-refractivity contribution in [1.29, 1.82) is 0 Å². The summed E-state index contributed by atoms with van der Waals surface area (Å²) in [6, 6.07) is 13.5. The van der Waals surface area contributed by atoms with Crippen molar-refractivity contribution >= 4 is 28.9 Å². The van der Waals surface area contributed by atoms with Gasteiger partial charge in [-0.15, -0.1) is 0 Å². The van der Waals surface area contributed by atoms with Crippen LogP contribution in [0.3, 0.4) is 0 Å². The second kappa shape index (κ2) is 7.93. The number of nitrogens with one attached hydrogen (secondary N) is 1. The van der Waals surface area contributed by atoms with Gasteiger partial charge in [-0.3, -0.25) is 4.79 Å². The molecule has 2 aliphatic heterocycles. The highest BCUT2D eigenvalue weighted by Crippen LogP contribution is 2.35. The minimum absolute atomic E-state index is 0.0548. The van der Waals surface area contributed by atoms with E-state index in [9.17, 15) is 4.79 Å². The maximum atomic E-state index is 12.8. The number of hydrogen-bond donors (Lipinski definition) is 2. The summed E-state index contributed by atoms with van der Waals surface area (Å²) < 4.78 is 10.8. The van der Waals surface area contributed by atoms with Gasteiger partial charge in [0.2, 0.25) is 6.79 Å². The van der Waals surface area contributed by atoms with Crippen LogP contribution in [0.4, 0.5) is 5.69 Å². The zero-order valence-corrected chi connectivity index (χ0v) is 16.2. The van der Waals surface area contributed by atoms with Gasteiger partial charge < -0.3 is 30.3 Å². The SMILES string of the molecule is NC(=S)NCc1ccc(C(=O)N2CCN(c3ccc4c(c3)OCO4)CC2)cc1. The van der Waals surface area contributed by atoms with Gasteiger partial charge in [0.15, 0.2) is 16.6 Å². The highest BCUT2D eigenvalue weighted by atomic mass is 32.1. The summed E-state index contributed by atoms with van der Waals surface area (Å²) in [4.78, 5) is 16.9. The fourth-order valence-corrected chi connectivity index (χ4v) is 3.46. The Labute approximate surface area is 169 Å². The van der Waals surface area contributed by atoms with E-state index in [4.69, 9.17) is 27.4 Å². The maximum Gasteiger partial charge on any atom is 0.253 e. The van der Waals surface area contributed by atoms with Crippen LogP contribution in [-0.4, -0.2) is 48.9 Å². The maximum absolute atomic E-state index is 12.8. The summed E-state index contributed by atoms with van der Waals surface area (Å²) in [6.07, 6.45) is 0. The molecule has 1 saturated heterocycles. The second-order valence-electron chi connectivity index (χ2n) is 6.73. The summed E-state index contributed by atoms with van der Waals surface area (Å²) in [7, 11) is 0. The van der Waals surface area contributed by atoms with Crippen LogP contribution in [0.25, 0.3) is 0 Å². The van der Waals surface area contributed by atoms with Gasteiger partial charge in [-0.1, -0.05) is 12.1 Å². The Morgan fingerprint density at radius 2 is 1.75 bits per heavy atom. The van der Waals surface area contributed by atoms with Crippen LogP contribution in [0.2, 0.25) is 0 Å². The average molecular weight is 398 g/mol. The number of fused-ring (bicyclic) bond motifs is 1. The number of piperazine rings is 1. The van der Waals surface area contributed by atoms with E-state index in [1.54, 1.807) is 0 Å². The molecule has 0 spiro atoms. The standard InChI is InChI=1S/C20H22N4O3S/c21-20(28)22-12-14-1-3-15(4-2-14)19(25)24-9-7-23(8-10-24)16-5-6-17-18(11-16)27-13-26-17/h1-6,11H,7-10,12-13H2,(H3,21,22,28). The van der Waals surface area contributed by atoms with Gasteiger partial charge in [-0.2, -0.15) is 0 Å². The molecule has 0 aliphatic carbocycles. The smallest absolute Gasteiger partial charge is 0.253 e. The van der Waals surface area contributed by atoms with Crippen molar-refractivity contribution in [3.63, 3.8) is 0 Å². The molecule has 1 amide bonds. The molecule has 0 unspecified atom stereocenters. The molecule has 2 aromatic carbocycles. The van der Waals surface area contributed by atoms with Gasteiger partial charge in [0.25, 0.3) is 5.91 Å². The summed E-state index contributed by atoms with van der Waals surface area (Å²) in [5.74, 6) is 1.62. The molecule has 0 bridgehead atoms. The van der Waals surface area contributed by atoms with Crippen LogP contribution >= 0.6 is 12.2 Å². The van der Waals surface area contributed by atoms with E-state index in [1.165, 1.54) is 0 Å². The zero-order chi connectivity index (χ0) is 19.5. The number of nitrogens with zero attached hydrogens (tertiary/aromatic N) is 2. The first-order chi connectivity index (χ1) is 13.6. The first-order valence-electron chi connectivity index (χ1n) is 9.16. The molecular weight excluding hydrogens is 376 g/mol. The molecule has 2 heterocycles. The normalized spacial score (nSPS) is 15.4. The number of carbonyl (C=O) groups excluding carboxylic acids is 1. The molecule has 28 heavy (non-hydrogen) atoms. The topological polar surface area (TPSA) is 80.1 Å². The lowest BCUT2D eigenvalue weighted by atomic mass is 10.1. The molecule has 8 heteroatoms. The highest BCUT2D eigenvalue weighted by Gasteiger charge is 2.23. The van der Waals surface area contributed by atoms with Gasteiger partial charge in [0.05, 0.1) is 0 Å². The molecule has 1 fully saturated rings. The Hall–Kier alpha value is -3.00. The minimum atomic E-state index is 0.0548. The quantitative estimate of drug-likeness (QED) is 0.759. The summed E-state index contributed by atoms with van der Waals surface area (Å²) >= 11 is 4.80. The number of anilines is 1. The Morgan fingerprint density at radius 3 is 2.46 bits per heavy atom. The lowest BCUT2D eigenvalue weighted by Crippen LogP contribution is -2.48. The predicted molar refractivity (Wildman–Crippen MR) is 111 cm³/mol. The molecular formula is C20H22N4O3S. The Bertz CT molecular complexity index is 880. The highest BCUT2D eigenvalue weighted by molar-refractivity contribution is 7.80. The van der Waals surface area contributed by atoms with Gasteiger partial charge in [-0.25, -0.2) is 0 Å². The van der Waals surface area contributed by atoms with Crippen molar-refractivity contribution in [2.24, 2.45) is 5.73 Å². The van der Waals surface area contributed by atoms with Crippen molar-refractivity contribution in [3.8, 4) is 11.5 Å². The molecule has 7 nitrogen and oxygen atoms in total. The van der Waals surface area contributed by atoms with Crippen molar-refractivity contribution in [1.82, 2.24) is 10.2 Å². The molecule has 0 atom stereocenters. The van der Waals surface area contributed by atoms with Crippen molar-refractivity contribution in [2.45, 2.75) is 6.54 Å².